The molecule has 0 saturated heterocycles. The molecule has 3 aliphatic carbocycles. The molecule has 2 saturated carbocycles. The molecule has 0 aromatic heterocycles. The minimum atomic E-state index is -0.883. The summed E-state index contributed by atoms with van der Waals surface area (Å²) in [6.07, 6.45) is 3.98. The maximum Gasteiger partial charge on any atom is 0.407 e. The smallest absolute Gasteiger partial charge is 0.407 e. The lowest BCUT2D eigenvalue weighted by Crippen LogP contribution is -2.51. The van der Waals surface area contributed by atoms with Crippen LogP contribution in [0.3, 0.4) is 0 Å². The van der Waals surface area contributed by atoms with Gasteiger partial charge in [-0.25, -0.2) is 4.79 Å². The van der Waals surface area contributed by atoms with Gasteiger partial charge < -0.3 is 20.5 Å². The third-order valence-electron chi connectivity index (χ3n) is 7.38. The summed E-state index contributed by atoms with van der Waals surface area (Å²) in [5, 5.41) is 15.0. The van der Waals surface area contributed by atoms with Crippen molar-refractivity contribution in [3.05, 3.63) is 59.7 Å². The van der Waals surface area contributed by atoms with Gasteiger partial charge in [-0.1, -0.05) is 67.8 Å². The van der Waals surface area contributed by atoms with Gasteiger partial charge in [-0.05, 0) is 47.4 Å². The van der Waals surface area contributed by atoms with Gasteiger partial charge in [0.05, 0.1) is 5.92 Å². The predicted octanol–water partition coefficient (Wildman–Crippen LogP) is 4.06. The summed E-state index contributed by atoms with van der Waals surface area (Å²) >= 11 is 0. The number of hydrogen-bond acceptors (Lipinski definition) is 4. The summed E-state index contributed by atoms with van der Waals surface area (Å²) in [5.74, 6) is -1.42. The molecule has 3 N–H and O–H groups in total. The van der Waals surface area contributed by atoms with E-state index >= 15 is 0 Å². The zero-order chi connectivity index (χ0) is 23.7. The molecular formula is C27H30N2O5. The third-order valence-corrected chi connectivity index (χ3v) is 7.38. The van der Waals surface area contributed by atoms with Gasteiger partial charge >= 0.3 is 12.1 Å². The van der Waals surface area contributed by atoms with E-state index in [4.69, 9.17) is 4.74 Å². The van der Waals surface area contributed by atoms with Crippen molar-refractivity contribution in [2.24, 2.45) is 11.8 Å². The average molecular weight is 463 g/mol. The van der Waals surface area contributed by atoms with Gasteiger partial charge in [0, 0.05) is 12.0 Å². The minimum absolute atomic E-state index is 0.0522. The van der Waals surface area contributed by atoms with Crippen LogP contribution in [0, 0.1) is 11.8 Å². The van der Waals surface area contributed by atoms with Crippen LogP contribution in [-0.4, -0.2) is 41.8 Å². The Bertz CT molecular complexity index is 1050. The van der Waals surface area contributed by atoms with E-state index < -0.39 is 30.1 Å². The highest BCUT2D eigenvalue weighted by molar-refractivity contribution is 5.86. The van der Waals surface area contributed by atoms with Gasteiger partial charge in [0.15, 0.2) is 0 Å². The molecule has 0 aliphatic heterocycles. The fourth-order valence-corrected chi connectivity index (χ4v) is 5.41. The van der Waals surface area contributed by atoms with E-state index in [0.29, 0.717) is 25.2 Å². The number of hydrogen-bond donors (Lipinski definition) is 3. The van der Waals surface area contributed by atoms with Gasteiger partial charge in [0.2, 0.25) is 5.91 Å². The molecule has 0 heterocycles. The van der Waals surface area contributed by atoms with Crippen molar-refractivity contribution >= 4 is 18.0 Å². The lowest BCUT2D eigenvalue weighted by molar-refractivity contribution is -0.142. The summed E-state index contributed by atoms with van der Waals surface area (Å²) in [6.45, 7) is 0.182. The molecule has 7 nitrogen and oxygen atoms in total. The number of alkyl carbamates (subject to hydrolysis) is 1. The third kappa shape index (κ3) is 4.65. The number of amides is 2. The summed E-state index contributed by atoms with van der Waals surface area (Å²) in [5.41, 5.74) is 4.57. The number of aliphatic carboxylic acids is 1. The minimum Gasteiger partial charge on any atom is -0.481 e. The molecule has 178 valence electrons. The second kappa shape index (κ2) is 9.49. The van der Waals surface area contributed by atoms with Crippen molar-refractivity contribution in [1.29, 1.82) is 0 Å². The molecule has 3 atom stereocenters. The van der Waals surface area contributed by atoms with E-state index in [1.165, 1.54) is 0 Å². The van der Waals surface area contributed by atoms with Crippen molar-refractivity contribution in [3.8, 4) is 11.1 Å². The van der Waals surface area contributed by atoms with Crippen LogP contribution in [0.1, 0.15) is 55.6 Å². The van der Waals surface area contributed by atoms with Crippen molar-refractivity contribution in [2.75, 3.05) is 6.61 Å². The fraction of sp³-hybridized carbons (Fsp3) is 0.444. The van der Waals surface area contributed by atoms with E-state index in [-0.39, 0.29) is 18.4 Å². The molecule has 0 radical (unpaired) electrons. The number of carboxylic acid groups (broad SMARTS) is 1. The van der Waals surface area contributed by atoms with Crippen molar-refractivity contribution in [2.45, 2.75) is 56.5 Å². The first kappa shape index (κ1) is 22.4. The number of carbonyl (C=O) groups is 3. The number of ether oxygens (including phenoxy) is 1. The van der Waals surface area contributed by atoms with Gasteiger partial charge in [0.1, 0.15) is 12.6 Å². The first-order valence-electron chi connectivity index (χ1n) is 12.2. The van der Waals surface area contributed by atoms with Crippen LogP contribution in [-0.2, 0) is 14.3 Å². The van der Waals surface area contributed by atoms with Crippen LogP contribution < -0.4 is 10.6 Å². The summed E-state index contributed by atoms with van der Waals surface area (Å²) < 4.78 is 5.63. The molecule has 34 heavy (non-hydrogen) atoms. The Kier molecular flexibility index (Phi) is 6.26. The molecule has 0 bridgehead atoms. The molecule has 2 fully saturated rings. The molecule has 3 aliphatic rings. The van der Waals surface area contributed by atoms with Gasteiger partial charge in [-0.3, -0.25) is 9.59 Å². The maximum atomic E-state index is 13.0. The normalized spacial score (nSPS) is 21.9. The molecule has 7 heteroatoms. The number of carbonyl (C=O) groups excluding carboxylic acids is 2. The van der Waals surface area contributed by atoms with Gasteiger partial charge in [-0.2, -0.15) is 0 Å². The summed E-state index contributed by atoms with van der Waals surface area (Å²) in [4.78, 5) is 37.2. The molecule has 2 amide bonds. The van der Waals surface area contributed by atoms with Crippen LogP contribution in [0.4, 0.5) is 4.79 Å². The SMILES string of the molecule is O=C(NC(CC1CC1)C(=O)N[C@@H]1CCC[C@@H]1C(=O)O)OCC1c2ccccc2-c2ccccc21. The largest absolute Gasteiger partial charge is 0.481 e. The lowest BCUT2D eigenvalue weighted by atomic mass is 9.98. The number of benzene rings is 2. The Morgan fingerprint density at radius 2 is 1.59 bits per heavy atom. The molecule has 2 aromatic rings. The number of nitrogens with one attached hydrogen (secondary N) is 2. The van der Waals surface area contributed by atoms with Crippen LogP contribution >= 0.6 is 0 Å². The number of fused-ring (bicyclic) bond motifs is 3. The first-order valence-corrected chi connectivity index (χ1v) is 12.2. The fourth-order valence-electron chi connectivity index (χ4n) is 5.41. The van der Waals surface area contributed by atoms with Crippen LogP contribution in [0.2, 0.25) is 0 Å². The Balaban J connectivity index is 1.22. The van der Waals surface area contributed by atoms with Crippen LogP contribution in [0.5, 0.6) is 0 Å². The Labute approximate surface area is 198 Å². The average Bonchev–Trinajstić information content (AvgIpc) is 3.43. The summed E-state index contributed by atoms with van der Waals surface area (Å²) in [6, 6.07) is 15.2. The quantitative estimate of drug-likeness (QED) is 0.549. The molecular weight excluding hydrogens is 432 g/mol. The zero-order valence-corrected chi connectivity index (χ0v) is 19.0. The predicted molar refractivity (Wildman–Crippen MR) is 126 cm³/mol. The topological polar surface area (TPSA) is 105 Å². The Morgan fingerprint density at radius 3 is 2.21 bits per heavy atom. The Hall–Kier alpha value is -3.35. The van der Waals surface area contributed by atoms with Crippen molar-refractivity contribution in [3.63, 3.8) is 0 Å². The second-order valence-electron chi connectivity index (χ2n) is 9.69. The summed E-state index contributed by atoms with van der Waals surface area (Å²) in [7, 11) is 0. The second-order valence-corrected chi connectivity index (χ2v) is 9.69. The zero-order valence-electron chi connectivity index (χ0n) is 19.0. The maximum absolute atomic E-state index is 13.0. The van der Waals surface area contributed by atoms with E-state index in [2.05, 4.69) is 34.9 Å². The standard InChI is InChI=1S/C27H30N2O5/c30-25(28-23-11-5-10-21(23)26(31)32)24(14-16-12-13-16)29-27(33)34-15-22-19-8-3-1-6-17(19)18-7-2-4-9-20(18)22/h1-4,6-9,16,21-24H,5,10-15H2,(H,28,30)(H,29,33)(H,31,32)/t21-,23+,24?/m0/s1. The monoisotopic (exact) mass is 462 g/mol. The molecule has 2 aromatic carbocycles. The van der Waals surface area contributed by atoms with Gasteiger partial charge in [0.25, 0.3) is 0 Å². The highest BCUT2D eigenvalue weighted by Gasteiger charge is 2.37. The number of carboxylic acids is 1. The molecule has 1 unspecified atom stereocenters. The van der Waals surface area contributed by atoms with Crippen molar-refractivity contribution in [1.82, 2.24) is 10.6 Å². The highest BCUT2D eigenvalue weighted by atomic mass is 16.5. The van der Waals surface area contributed by atoms with E-state index in [0.717, 1.165) is 41.5 Å². The lowest BCUT2D eigenvalue weighted by Gasteiger charge is -2.23. The van der Waals surface area contributed by atoms with Crippen LogP contribution in [0.15, 0.2) is 48.5 Å². The number of rotatable bonds is 8. The van der Waals surface area contributed by atoms with Crippen molar-refractivity contribution < 1.29 is 24.2 Å². The highest BCUT2D eigenvalue weighted by Crippen LogP contribution is 2.44. The Morgan fingerprint density at radius 1 is 0.941 bits per heavy atom. The molecule has 5 rings (SSSR count). The van der Waals surface area contributed by atoms with Crippen LogP contribution in [0.25, 0.3) is 11.1 Å². The van der Waals surface area contributed by atoms with Gasteiger partial charge in [-0.15, -0.1) is 0 Å². The first-order chi connectivity index (χ1) is 16.5. The van der Waals surface area contributed by atoms with E-state index in [9.17, 15) is 19.5 Å². The van der Waals surface area contributed by atoms with E-state index in [1.54, 1.807) is 0 Å². The van der Waals surface area contributed by atoms with E-state index in [1.807, 2.05) is 24.3 Å². The molecule has 0 spiro atoms.